The second kappa shape index (κ2) is 8.47. The number of nitrogens with one attached hydrogen (secondary N) is 2. The number of ether oxygens (including phenoxy) is 2. The van der Waals surface area contributed by atoms with Gasteiger partial charge in [0.15, 0.2) is 17.5 Å². The summed E-state index contributed by atoms with van der Waals surface area (Å²) in [6.45, 7) is 1.72. The lowest BCUT2D eigenvalue weighted by atomic mass is 10.1. The summed E-state index contributed by atoms with van der Waals surface area (Å²) in [5.74, 6) is 2.38. The highest BCUT2D eigenvalue weighted by molar-refractivity contribution is 5.79. The molecule has 0 fully saturated rings. The first-order valence-electron chi connectivity index (χ1n) is 9.24. The lowest BCUT2D eigenvalue weighted by molar-refractivity contribution is 0.174. The van der Waals surface area contributed by atoms with Crippen molar-refractivity contribution in [3.05, 3.63) is 72.1 Å². The lowest BCUT2D eigenvalue weighted by Gasteiger charge is -2.11. The Bertz CT molecular complexity index is 952. The van der Waals surface area contributed by atoms with Gasteiger partial charge in [-0.1, -0.05) is 24.3 Å². The van der Waals surface area contributed by atoms with E-state index in [1.807, 2.05) is 59.5 Å². The van der Waals surface area contributed by atoms with Gasteiger partial charge >= 0.3 is 0 Å². The van der Waals surface area contributed by atoms with E-state index in [1.165, 1.54) is 5.56 Å². The largest absolute Gasteiger partial charge is 0.454 e. The zero-order valence-electron chi connectivity index (χ0n) is 15.8. The van der Waals surface area contributed by atoms with Gasteiger partial charge in [-0.2, -0.15) is 5.10 Å². The van der Waals surface area contributed by atoms with Crippen LogP contribution in [-0.4, -0.2) is 36.1 Å². The molecular formula is C21H23N5O2. The molecule has 0 atom stereocenters. The fourth-order valence-electron chi connectivity index (χ4n) is 3.00. The fourth-order valence-corrected chi connectivity index (χ4v) is 3.00. The minimum atomic E-state index is 0.300. The van der Waals surface area contributed by atoms with Gasteiger partial charge in [-0.25, -0.2) is 4.68 Å². The van der Waals surface area contributed by atoms with Crippen LogP contribution in [0.15, 0.2) is 65.9 Å². The summed E-state index contributed by atoms with van der Waals surface area (Å²) < 4.78 is 12.6. The second-order valence-corrected chi connectivity index (χ2v) is 6.42. The van der Waals surface area contributed by atoms with Crippen LogP contribution in [0.2, 0.25) is 0 Å². The molecule has 0 spiro atoms. The van der Waals surface area contributed by atoms with Crippen molar-refractivity contribution in [3.8, 4) is 17.2 Å². The third-order valence-corrected chi connectivity index (χ3v) is 4.48. The predicted octanol–water partition coefficient (Wildman–Crippen LogP) is 2.51. The zero-order chi connectivity index (χ0) is 19.2. The van der Waals surface area contributed by atoms with Crippen LogP contribution in [0.3, 0.4) is 0 Å². The maximum absolute atomic E-state index is 5.42. The molecule has 2 N–H and O–H groups in total. The summed E-state index contributed by atoms with van der Waals surface area (Å²) in [5, 5.41) is 11.1. The van der Waals surface area contributed by atoms with E-state index in [1.54, 1.807) is 7.05 Å². The molecule has 2 aromatic carbocycles. The monoisotopic (exact) mass is 377 g/mol. The average molecular weight is 377 g/mol. The Morgan fingerprint density at radius 2 is 1.93 bits per heavy atom. The van der Waals surface area contributed by atoms with Gasteiger partial charge in [0.25, 0.3) is 0 Å². The van der Waals surface area contributed by atoms with Crippen LogP contribution in [0.1, 0.15) is 11.1 Å². The molecule has 1 aromatic heterocycles. The minimum absolute atomic E-state index is 0.300. The van der Waals surface area contributed by atoms with Crippen molar-refractivity contribution in [1.29, 1.82) is 0 Å². The Labute approximate surface area is 164 Å². The lowest BCUT2D eigenvalue weighted by Crippen LogP contribution is -2.37. The first-order valence-corrected chi connectivity index (χ1v) is 9.24. The Balaban J connectivity index is 1.26. The van der Waals surface area contributed by atoms with Crippen molar-refractivity contribution < 1.29 is 9.47 Å². The van der Waals surface area contributed by atoms with Crippen molar-refractivity contribution in [3.63, 3.8) is 0 Å². The summed E-state index contributed by atoms with van der Waals surface area (Å²) in [7, 11) is 1.77. The molecule has 0 aliphatic carbocycles. The number of fused-ring (bicyclic) bond motifs is 1. The minimum Gasteiger partial charge on any atom is -0.454 e. The quantitative estimate of drug-likeness (QED) is 0.510. The molecule has 7 nitrogen and oxygen atoms in total. The number of guanidine groups is 1. The highest BCUT2D eigenvalue weighted by Crippen LogP contribution is 2.32. The molecule has 0 saturated heterocycles. The van der Waals surface area contributed by atoms with Crippen molar-refractivity contribution in [2.75, 3.05) is 20.4 Å². The van der Waals surface area contributed by atoms with Crippen molar-refractivity contribution in [2.24, 2.45) is 4.99 Å². The number of hydrogen-bond acceptors (Lipinski definition) is 4. The number of nitrogens with zero attached hydrogens (tertiary/aromatic N) is 3. The predicted molar refractivity (Wildman–Crippen MR) is 108 cm³/mol. The van der Waals surface area contributed by atoms with E-state index >= 15 is 0 Å². The van der Waals surface area contributed by atoms with Crippen molar-refractivity contribution in [1.82, 2.24) is 20.4 Å². The highest BCUT2D eigenvalue weighted by atomic mass is 16.7. The van der Waals surface area contributed by atoms with Gasteiger partial charge in [0.05, 0.1) is 11.9 Å². The fraction of sp³-hybridized carbons (Fsp3) is 0.238. The second-order valence-electron chi connectivity index (χ2n) is 6.42. The third-order valence-electron chi connectivity index (χ3n) is 4.48. The van der Waals surface area contributed by atoms with E-state index in [9.17, 15) is 0 Å². The molecule has 28 heavy (non-hydrogen) atoms. The van der Waals surface area contributed by atoms with E-state index < -0.39 is 0 Å². The van der Waals surface area contributed by atoms with Crippen LogP contribution < -0.4 is 20.1 Å². The van der Waals surface area contributed by atoms with Crippen molar-refractivity contribution >= 4 is 5.96 Å². The normalized spacial score (nSPS) is 12.8. The maximum atomic E-state index is 5.42. The first kappa shape index (κ1) is 17.9. The Kier molecular flexibility index (Phi) is 5.42. The summed E-state index contributed by atoms with van der Waals surface area (Å²) in [6.07, 6.45) is 4.74. The van der Waals surface area contributed by atoms with E-state index in [-0.39, 0.29) is 0 Å². The molecule has 7 heteroatoms. The summed E-state index contributed by atoms with van der Waals surface area (Å²) >= 11 is 0. The number of para-hydroxylation sites is 1. The zero-order valence-corrected chi connectivity index (χ0v) is 15.8. The molecule has 0 saturated carbocycles. The van der Waals surface area contributed by atoms with Gasteiger partial charge in [0.1, 0.15) is 0 Å². The molecule has 0 bridgehead atoms. The summed E-state index contributed by atoms with van der Waals surface area (Å²) in [5.41, 5.74) is 3.32. The van der Waals surface area contributed by atoms with E-state index in [4.69, 9.17) is 9.47 Å². The smallest absolute Gasteiger partial charge is 0.231 e. The van der Waals surface area contributed by atoms with Crippen LogP contribution in [0.5, 0.6) is 11.5 Å². The molecule has 1 aliphatic rings. The van der Waals surface area contributed by atoms with E-state index in [0.29, 0.717) is 13.3 Å². The Hall–Kier alpha value is -3.48. The van der Waals surface area contributed by atoms with E-state index in [0.717, 1.165) is 41.7 Å². The van der Waals surface area contributed by atoms with Gasteiger partial charge in [0, 0.05) is 31.9 Å². The maximum Gasteiger partial charge on any atom is 0.231 e. The first-order chi connectivity index (χ1) is 13.8. The number of hydrogen-bond donors (Lipinski definition) is 2. The van der Waals surface area contributed by atoms with Crippen molar-refractivity contribution in [2.45, 2.75) is 13.0 Å². The molecule has 144 valence electrons. The number of benzene rings is 2. The molecule has 1 aliphatic heterocycles. The molecule has 0 radical (unpaired) electrons. The topological polar surface area (TPSA) is 72.7 Å². The SMILES string of the molecule is CN=C(NCCc1ccc2c(c1)OCO2)NCc1cnn(-c2ccccc2)c1. The summed E-state index contributed by atoms with van der Waals surface area (Å²) in [6, 6.07) is 16.1. The van der Waals surface area contributed by atoms with Gasteiger partial charge in [-0.15, -0.1) is 0 Å². The van der Waals surface area contributed by atoms with Gasteiger partial charge in [0.2, 0.25) is 6.79 Å². The van der Waals surface area contributed by atoms with E-state index in [2.05, 4.69) is 26.8 Å². The molecule has 2 heterocycles. The van der Waals surface area contributed by atoms with Crippen LogP contribution in [-0.2, 0) is 13.0 Å². The van der Waals surface area contributed by atoms with Gasteiger partial charge < -0.3 is 20.1 Å². The third kappa shape index (κ3) is 4.25. The van der Waals surface area contributed by atoms with Crippen LogP contribution >= 0.6 is 0 Å². The van der Waals surface area contributed by atoms with Crippen LogP contribution in [0.25, 0.3) is 5.69 Å². The highest BCUT2D eigenvalue weighted by Gasteiger charge is 2.13. The molecule has 3 aromatic rings. The average Bonchev–Trinajstić information content (AvgIpc) is 3.40. The Morgan fingerprint density at radius 3 is 2.79 bits per heavy atom. The van der Waals surface area contributed by atoms with Gasteiger partial charge in [-0.05, 0) is 36.2 Å². The van der Waals surface area contributed by atoms with Crippen LogP contribution in [0.4, 0.5) is 0 Å². The molecular weight excluding hydrogens is 354 g/mol. The molecule has 0 amide bonds. The van der Waals surface area contributed by atoms with Gasteiger partial charge in [-0.3, -0.25) is 4.99 Å². The molecule has 0 unspecified atom stereocenters. The number of aromatic nitrogens is 2. The summed E-state index contributed by atoms with van der Waals surface area (Å²) in [4.78, 5) is 4.28. The van der Waals surface area contributed by atoms with Crippen LogP contribution in [0, 0.1) is 0 Å². The number of rotatable bonds is 6. The standard InChI is InChI=1S/C21H23N5O2/c1-22-21(23-10-9-16-7-8-19-20(11-16)28-15-27-19)24-12-17-13-25-26(14-17)18-5-3-2-4-6-18/h2-8,11,13-14H,9-10,12,15H2,1H3,(H2,22,23,24). The number of aliphatic imine (C=N–C) groups is 1. The Morgan fingerprint density at radius 1 is 1.07 bits per heavy atom. The molecule has 4 rings (SSSR count).